The Labute approximate surface area is 130 Å². The van der Waals surface area contributed by atoms with E-state index in [9.17, 15) is 5.11 Å². The highest BCUT2D eigenvalue weighted by atomic mass is 16.3. The predicted octanol–water partition coefficient (Wildman–Crippen LogP) is 3.69. The van der Waals surface area contributed by atoms with Crippen molar-refractivity contribution in [2.24, 2.45) is 0 Å². The summed E-state index contributed by atoms with van der Waals surface area (Å²) in [6, 6.07) is 2.15. The topological polar surface area (TPSA) is 26.7 Å². The minimum atomic E-state index is 0.475. The molecule has 0 fully saturated rings. The first kappa shape index (κ1) is 18.0. The van der Waals surface area contributed by atoms with E-state index in [1.54, 1.807) is 0 Å². The quantitative estimate of drug-likeness (QED) is 0.791. The summed E-state index contributed by atoms with van der Waals surface area (Å²) in [5.74, 6) is 0.475. The molecule has 0 heterocycles. The zero-order valence-electron chi connectivity index (χ0n) is 14.7. The monoisotopic (exact) mass is 292 g/mol. The van der Waals surface area contributed by atoms with Crippen LogP contribution in [0.15, 0.2) is 6.07 Å². The van der Waals surface area contributed by atoms with Gasteiger partial charge in [0.15, 0.2) is 0 Å². The van der Waals surface area contributed by atoms with Crippen molar-refractivity contribution < 1.29 is 5.11 Å². The lowest BCUT2D eigenvalue weighted by Gasteiger charge is -2.25. The smallest absolute Gasteiger partial charge is 0.123 e. The van der Waals surface area contributed by atoms with Crippen molar-refractivity contribution in [3.63, 3.8) is 0 Å². The largest absolute Gasteiger partial charge is 0.507 e. The van der Waals surface area contributed by atoms with Crippen molar-refractivity contribution in [3.05, 3.63) is 28.3 Å². The van der Waals surface area contributed by atoms with E-state index >= 15 is 0 Å². The molecule has 0 radical (unpaired) electrons. The van der Waals surface area contributed by atoms with E-state index in [0.29, 0.717) is 5.75 Å². The normalized spacial score (nSPS) is 11.6. The van der Waals surface area contributed by atoms with Gasteiger partial charge in [0.25, 0.3) is 0 Å². The number of benzene rings is 1. The van der Waals surface area contributed by atoms with Crippen LogP contribution in [0.3, 0.4) is 0 Å². The van der Waals surface area contributed by atoms with Crippen LogP contribution in [-0.4, -0.2) is 41.1 Å². The molecule has 0 aromatic heterocycles. The van der Waals surface area contributed by atoms with E-state index in [0.717, 1.165) is 50.4 Å². The Hall–Kier alpha value is -1.06. The molecule has 0 unspecified atom stereocenters. The molecule has 3 nitrogen and oxygen atoms in total. The van der Waals surface area contributed by atoms with E-state index in [1.165, 1.54) is 11.1 Å². The molecule has 120 valence electrons. The van der Waals surface area contributed by atoms with Gasteiger partial charge in [-0.2, -0.15) is 0 Å². The molecular weight excluding hydrogens is 260 g/mol. The molecule has 21 heavy (non-hydrogen) atoms. The highest BCUT2D eigenvalue weighted by Crippen LogP contribution is 2.30. The summed E-state index contributed by atoms with van der Waals surface area (Å²) in [6.07, 6.45) is 0. The van der Waals surface area contributed by atoms with Crippen molar-refractivity contribution >= 4 is 0 Å². The number of hydrogen-bond acceptors (Lipinski definition) is 3. The fourth-order valence-corrected chi connectivity index (χ4v) is 2.76. The number of phenols is 1. The summed E-state index contributed by atoms with van der Waals surface area (Å²) in [4.78, 5) is 4.77. The second kappa shape index (κ2) is 8.40. The van der Waals surface area contributed by atoms with Crippen LogP contribution in [0.2, 0.25) is 0 Å². The maximum absolute atomic E-state index is 10.5. The Bertz CT molecular complexity index is 449. The molecule has 0 saturated carbocycles. The second-order valence-electron chi connectivity index (χ2n) is 5.73. The van der Waals surface area contributed by atoms with Gasteiger partial charge in [-0.05, 0) is 56.7 Å². The van der Waals surface area contributed by atoms with E-state index in [-0.39, 0.29) is 0 Å². The number of phenolic OH excluding ortho intramolecular Hbond substituents is 1. The van der Waals surface area contributed by atoms with Gasteiger partial charge < -0.3 is 5.11 Å². The van der Waals surface area contributed by atoms with Gasteiger partial charge in [-0.15, -0.1) is 0 Å². The van der Waals surface area contributed by atoms with Gasteiger partial charge in [0.2, 0.25) is 0 Å². The third-order valence-corrected chi connectivity index (χ3v) is 4.55. The Morgan fingerprint density at radius 2 is 1.33 bits per heavy atom. The fourth-order valence-electron chi connectivity index (χ4n) is 2.76. The van der Waals surface area contributed by atoms with Gasteiger partial charge in [-0.3, -0.25) is 9.80 Å². The van der Waals surface area contributed by atoms with Crippen LogP contribution in [0.5, 0.6) is 5.75 Å². The number of aryl methyl sites for hydroxylation is 1. The molecular formula is C18H32N2O. The Morgan fingerprint density at radius 3 is 1.81 bits per heavy atom. The maximum atomic E-state index is 10.5. The first-order valence-corrected chi connectivity index (χ1v) is 8.23. The average Bonchev–Trinajstić information content (AvgIpc) is 2.50. The van der Waals surface area contributed by atoms with Gasteiger partial charge in [-0.1, -0.05) is 33.8 Å². The summed E-state index contributed by atoms with van der Waals surface area (Å²) in [7, 11) is 0. The third-order valence-electron chi connectivity index (χ3n) is 4.55. The molecule has 0 aliphatic heterocycles. The zero-order chi connectivity index (χ0) is 16.0. The fraction of sp³-hybridized carbons (Fsp3) is 0.667. The molecule has 0 spiro atoms. The molecule has 0 bridgehead atoms. The van der Waals surface area contributed by atoms with Crippen LogP contribution in [-0.2, 0) is 13.1 Å². The lowest BCUT2D eigenvalue weighted by Crippen LogP contribution is -2.25. The Balaban J connectivity index is 3.15. The van der Waals surface area contributed by atoms with Gasteiger partial charge in [-0.25, -0.2) is 0 Å². The minimum absolute atomic E-state index is 0.475. The molecule has 0 aliphatic rings. The number of nitrogens with zero attached hydrogens (tertiary/aromatic N) is 2. The summed E-state index contributed by atoms with van der Waals surface area (Å²) >= 11 is 0. The number of hydrogen-bond donors (Lipinski definition) is 1. The molecule has 0 saturated heterocycles. The molecule has 0 atom stereocenters. The molecule has 0 amide bonds. The first-order chi connectivity index (χ1) is 9.98. The lowest BCUT2D eigenvalue weighted by molar-refractivity contribution is 0.285. The molecule has 1 aromatic carbocycles. The summed E-state index contributed by atoms with van der Waals surface area (Å²) in [5, 5.41) is 10.5. The predicted molar refractivity (Wildman–Crippen MR) is 90.8 cm³/mol. The first-order valence-electron chi connectivity index (χ1n) is 8.23. The lowest BCUT2D eigenvalue weighted by atomic mass is 9.96. The highest BCUT2D eigenvalue weighted by molar-refractivity contribution is 5.49. The maximum Gasteiger partial charge on any atom is 0.123 e. The molecule has 3 heteroatoms. The minimum Gasteiger partial charge on any atom is -0.507 e. The highest BCUT2D eigenvalue weighted by Gasteiger charge is 2.16. The standard InChI is InChI=1S/C18H32N2O/c1-7-19(8-2)12-16-11-14(5)18(21)17(15(16)6)13-20(9-3)10-4/h11,21H,7-10,12-13H2,1-6H3. The van der Waals surface area contributed by atoms with Crippen molar-refractivity contribution in [2.75, 3.05) is 26.2 Å². The molecule has 1 rings (SSSR count). The van der Waals surface area contributed by atoms with Gasteiger partial charge in [0.05, 0.1) is 0 Å². The Kier molecular flexibility index (Phi) is 7.20. The summed E-state index contributed by atoms with van der Waals surface area (Å²) in [6.45, 7) is 18.8. The van der Waals surface area contributed by atoms with Crippen molar-refractivity contribution in [3.8, 4) is 5.75 Å². The van der Waals surface area contributed by atoms with Crippen LogP contribution < -0.4 is 0 Å². The summed E-state index contributed by atoms with van der Waals surface area (Å²) in [5.41, 5.74) is 4.68. The molecule has 1 aromatic rings. The number of aromatic hydroxyl groups is 1. The summed E-state index contributed by atoms with van der Waals surface area (Å²) < 4.78 is 0. The van der Waals surface area contributed by atoms with E-state index in [2.05, 4.69) is 50.5 Å². The second-order valence-corrected chi connectivity index (χ2v) is 5.73. The zero-order valence-corrected chi connectivity index (χ0v) is 14.7. The molecule has 1 N–H and O–H groups in total. The van der Waals surface area contributed by atoms with Crippen LogP contribution >= 0.6 is 0 Å². The van der Waals surface area contributed by atoms with Crippen molar-refractivity contribution in [1.29, 1.82) is 0 Å². The van der Waals surface area contributed by atoms with Crippen LogP contribution in [0, 0.1) is 13.8 Å². The van der Waals surface area contributed by atoms with Crippen LogP contribution in [0.1, 0.15) is 49.9 Å². The van der Waals surface area contributed by atoms with E-state index in [4.69, 9.17) is 0 Å². The SMILES string of the molecule is CCN(CC)Cc1cc(C)c(O)c(CN(CC)CC)c1C. The van der Waals surface area contributed by atoms with Crippen LogP contribution in [0.4, 0.5) is 0 Å². The van der Waals surface area contributed by atoms with Crippen molar-refractivity contribution in [1.82, 2.24) is 9.80 Å². The van der Waals surface area contributed by atoms with E-state index in [1.807, 2.05) is 6.92 Å². The van der Waals surface area contributed by atoms with Gasteiger partial charge in [0.1, 0.15) is 5.75 Å². The van der Waals surface area contributed by atoms with E-state index < -0.39 is 0 Å². The molecule has 0 aliphatic carbocycles. The Morgan fingerprint density at radius 1 is 0.857 bits per heavy atom. The van der Waals surface area contributed by atoms with Gasteiger partial charge >= 0.3 is 0 Å². The third kappa shape index (κ3) is 4.45. The number of rotatable bonds is 8. The van der Waals surface area contributed by atoms with Crippen molar-refractivity contribution in [2.45, 2.75) is 54.6 Å². The average molecular weight is 292 g/mol. The van der Waals surface area contributed by atoms with Gasteiger partial charge in [0, 0.05) is 18.7 Å². The van der Waals surface area contributed by atoms with Crippen LogP contribution in [0.25, 0.3) is 0 Å².